The van der Waals surface area contributed by atoms with Gasteiger partial charge in [-0.25, -0.2) is 0 Å². The molecule has 102 valence electrons. The van der Waals surface area contributed by atoms with E-state index in [0.29, 0.717) is 16.9 Å². The van der Waals surface area contributed by atoms with Crippen molar-refractivity contribution in [3.05, 3.63) is 23.8 Å². The van der Waals surface area contributed by atoms with Crippen LogP contribution in [0.25, 0.3) is 0 Å². The van der Waals surface area contributed by atoms with Gasteiger partial charge in [-0.3, -0.25) is 9.79 Å². The van der Waals surface area contributed by atoms with Crippen molar-refractivity contribution in [1.29, 1.82) is 0 Å². The van der Waals surface area contributed by atoms with Crippen LogP contribution in [0.2, 0.25) is 0 Å². The summed E-state index contributed by atoms with van der Waals surface area (Å²) >= 11 is 0. The van der Waals surface area contributed by atoms with Crippen molar-refractivity contribution >= 4 is 24.9 Å². The number of nitrogens with one attached hydrogen (secondary N) is 1. The normalized spacial score (nSPS) is 20.6. The van der Waals surface area contributed by atoms with Crippen LogP contribution >= 0.6 is 0 Å². The molecule has 1 aromatic rings. The molecule has 1 aliphatic heterocycles. The second kappa shape index (κ2) is 4.96. The number of amides is 1. The predicted molar refractivity (Wildman–Crippen MR) is 78.9 cm³/mol. The topological polar surface area (TPSA) is 50.7 Å². The van der Waals surface area contributed by atoms with E-state index < -0.39 is 0 Å². The standard InChI is InChI=1S/C15H17BN2O2/c1-20-12-6-5-10(9-11(12)16)13-14(19)18-15(17-13)7-3-2-4-8-15/h5-6,9H,2-4,7-8H2,1H3,(H,18,19). The van der Waals surface area contributed by atoms with Gasteiger partial charge in [-0.05, 0) is 37.8 Å². The number of nitrogens with zero attached hydrogens (tertiary/aromatic N) is 1. The average molecular weight is 268 g/mol. The van der Waals surface area contributed by atoms with Crippen LogP contribution in [0.5, 0.6) is 5.75 Å². The van der Waals surface area contributed by atoms with Crippen LogP contribution in [0.4, 0.5) is 0 Å². The number of hydrogen-bond donors (Lipinski definition) is 1. The summed E-state index contributed by atoms with van der Waals surface area (Å²) in [7, 11) is 7.47. The summed E-state index contributed by atoms with van der Waals surface area (Å²) in [6.45, 7) is 0. The number of hydrogen-bond acceptors (Lipinski definition) is 3. The van der Waals surface area contributed by atoms with E-state index in [4.69, 9.17) is 12.6 Å². The van der Waals surface area contributed by atoms with Crippen LogP contribution in [-0.2, 0) is 4.79 Å². The third-order valence-corrected chi connectivity index (χ3v) is 4.07. The Morgan fingerprint density at radius 3 is 2.70 bits per heavy atom. The van der Waals surface area contributed by atoms with E-state index in [9.17, 15) is 4.79 Å². The second-order valence-corrected chi connectivity index (χ2v) is 5.46. The largest absolute Gasteiger partial charge is 0.497 e. The van der Waals surface area contributed by atoms with Gasteiger partial charge < -0.3 is 10.1 Å². The van der Waals surface area contributed by atoms with E-state index in [0.717, 1.165) is 31.2 Å². The molecule has 1 saturated carbocycles. The monoisotopic (exact) mass is 268 g/mol. The fraction of sp³-hybridized carbons (Fsp3) is 0.467. The smallest absolute Gasteiger partial charge is 0.272 e. The summed E-state index contributed by atoms with van der Waals surface area (Å²) in [6, 6.07) is 5.35. The minimum atomic E-state index is -0.376. The van der Waals surface area contributed by atoms with Gasteiger partial charge in [0.05, 0.1) is 7.11 Å². The molecular formula is C15H17BN2O2. The summed E-state index contributed by atoms with van der Waals surface area (Å²) in [5.74, 6) is 0.511. The Kier molecular flexibility index (Phi) is 3.28. The van der Waals surface area contributed by atoms with Crippen LogP contribution < -0.4 is 15.5 Å². The van der Waals surface area contributed by atoms with Crippen LogP contribution in [-0.4, -0.2) is 32.2 Å². The Morgan fingerprint density at radius 2 is 2.05 bits per heavy atom. The molecule has 2 radical (unpaired) electrons. The Morgan fingerprint density at radius 1 is 1.30 bits per heavy atom. The molecule has 1 fully saturated rings. The van der Waals surface area contributed by atoms with E-state index >= 15 is 0 Å². The number of rotatable bonds is 2. The second-order valence-electron chi connectivity index (χ2n) is 5.46. The summed E-state index contributed by atoms with van der Waals surface area (Å²) < 4.78 is 5.13. The Hall–Kier alpha value is -1.78. The molecule has 0 atom stereocenters. The molecule has 4 nitrogen and oxygen atoms in total. The molecule has 5 heteroatoms. The van der Waals surface area contributed by atoms with Gasteiger partial charge >= 0.3 is 0 Å². The number of methoxy groups -OCH3 is 1. The highest BCUT2D eigenvalue weighted by Gasteiger charge is 2.40. The number of aliphatic imine (C=N–C) groups is 1. The first-order chi connectivity index (χ1) is 9.63. The van der Waals surface area contributed by atoms with Gasteiger partial charge in [-0.1, -0.05) is 17.9 Å². The van der Waals surface area contributed by atoms with Crippen molar-refractivity contribution in [1.82, 2.24) is 5.32 Å². The van der Waals surface area contributed by atoms with Crippen molar-refractivity contribution < 1.29 is 9.53 Å². The minimum Gasteiger partial charge on any atom is -0.497 e. The van der Waals surface area contributed by atoms with Gasteiger partial charge in [0.1, 0.15) is 25.0 Å². The third-order valence-electron chi connectivity index (χ3n) is 4.07. The molecule has 1 spiro atoms. The maximum Gasteiger partial charge on any atom is 0.272 e. The maximum absolute atomic E-state index is 12.2. The Bertz CT molecular complexity index is 577. The molecule has 0 saturated heterocycles. The maximum atomic E-state index is 12.2. The van der Waals surface area contributed by atoms with E-state index in [1.807, 2.05) is 6.07 Å². The molecule has 1 amide bonds. The third kappa shape index (κ3) is 2.21. The molecule has 3 rings (SSSR count). The van der Waals surface area contributed by atoms with Gasteiger partial charge in [0.2, 0.25) is 0 Å². The lowest BCUT2D eigenvalue weighted by molar-refractivity contribution is -0.115. The van der Waals surface area contributed by atoms with Gasteiger partial charge in [0.15, 0.2) is 0 Å². The highest BCUT2D eigenvalue weighted by Crippen LogP contribution is 2.33. The fourth-order valence-corrected chi connectivity index (χ4v) is 3.01. The number of carbonyl (C=O) groups is 1. The molecular weight excluding hydrogens is 251 g/mol. The lowest BCUT2D eigenvalue weighted by Gasteiger charge is -2.30. The molecule has 1 aromatic carbocycles. The highest BCUT2D eigenvalue weighted by atomic mass is 16.5. The fourth-order valence-electron chi connectivity index (χ4n) is 3.01. The zero-order chi connectivity index (χ0) is 14.2. The van der Waals surface area contributed by atoms with E-state index in [1.165, 1.54) is 6.42 Å². The molecule has 0 unspecified atom stereocenters. The van der Waals surface area contributed by atoms with Crippen molar-refractivity contribution in [3.8, 4) is 5.75 Å². The molecule has 2 aliphatic rings. The van der Waals surface area contributed by atoms with Gasteiger partial charge in [0, 0.05) is 5.56 Å². The van der Waals surface area contributed by atoms with Crippen LogP contribution in [0.15, 0.2) is 23.2 Å². The molecule has 0 aromatic heterocycles. The lowest BCUT2D eigenvalue weighted by Crippen LogP contribution is -2.43. The first-order valence-electron chi connectivity index (χ1n) is 7.00. The van der Waals surface area contributed by atoms with E-state index in [-0.39, 0.29) is 11.6 Å². The van der Waals surface area contributed by atoms with Gasteiger partial charge in [-0.15, -0.1) is 0 Å². The van der Waals surface area contributed by atoms with Crippen molar-refractivity contribution in [2.75, 3.05) is 7.11 Å². The highest BCUT2D eigenvalue weighted by molar-refractivity contribution is 6.47. The zero-order valence-corrected chi connectivity index (χ0v) is 11.6. The van der Waals surface area contributed by atoms with Crippen molar-refractivity contribution in [3.63, 3.8) is 0 Å². The number of carbonyl (C=O) groups excluding carboxylic acids is 1. The molecule has 0 bridgehead atoms. The Balaban J connectivity index is 1.94. The molecule has 1 heterocycles. The first kappa shape index (κ1) is 13.2. The quantitative estimate of drug-likeness (QED) is 0.816. The van der Waals surface area contributed by atoms with E-state index in [1.54, 1.807) is 19.2 Å². The van der Waals surface area contributed by atoms with Gasteiger partial charge in [-0.2, -0.15) is 0 Å². The summed E-state index contributed by atoms with van der Waals surface area (Å²) in [4.78, 5) is 16.9. The van der Waals surface area contributed by atoms with Crippen LogP contribution in [0, 0.1) is 0 Å². The van der Waals surface area contributed by atoms with Crippen LogP contribution in [0.1, 0.15) is 37.7 Å². The number of benzene rings is 1. The molecule has 20 heavy (non-hydrogen) atoms. The lowest BCUT2D eigenvalue weighted by atomic mass is 9.90. The average Bonchev–Trinajstić information content (AvgIpc) is 2.76. The number of ether oxygens (including phenoxy) is 1. The summed E-state index contributed by atoms with van der Waals surface area (Å²) in [6.07, 6.45) is 5.29. The van der Waals surface area contributed by atoms with Crippen LogP contribution in [0.3, 0.4) is 0 Å². The zero-order valence-electron chi connectivity index (χ0n) is 11.6. The summed E-state index contributed by atoms with van der Waals surface area (Å²) in [5.41, 5.74) is 1.38. The molecule has 1 N–H and O–H groups in total. The SMILES string of the molecule is [B]c1cc(C2=NC3(CCCCC3)NC2=O)ccc1OC. The first-order valence-corrected chi connectivity index (χ1v) is 7.00. The predicted octanol–water partition coefficient (Wildman–Crippen LogP) is 1.07. The van der Waals surface area contributed by atoms with Gasteiger partial charge in [0.25, 0.3) is 5.91 Å². The Labute approximate surface area is 120 Å². The summed E-state index contributed by atoms with van der Waals surface area (Å²) in [5, 5.41) is 3.05. The molecule has 1 aliphatic carbocycles. The van der Waals surface area contributed by atoms with E-state index in [2.05, 4.69) is 10.3 Å². The van der Waals surface area contributed by atoms with Crippen molar-refractivity contribution in [2.45, 2.75) is 37.8 Å². The van der Waals surface area contributed by atoms with Crippen molar-refractivity contribution in [2.24, 2.45) is 4.99 Å². The minimum absolute atomic E-state index is 0.100.